The van der Waals surface area contributed by atoms with E-state index < -0.39 is 0 Å². The zero-order chi connectivity index (χ0) is 11.9. The maximum atomic E-state index is 5.18. The molecule has 0 fully saturated rings. The number of hydrogen-bond donors (Lipinski definition) is 2. The summed E-state index contributed by atoms with van der Waals surface area (Å²) in [6.45, 7) is 8.29. The summed E-state index contributed by atoms with van der Waals surface area (Å²) < 4.78 is 2.54. The van der Waals surface area contributed by atoms with E-state index >= 15 is 0 Å². The topological polar surface area (TPSA) is 45.1 Å². The number of aryl methyl sites for hydroxylation is 1. The third-order valence-electron chi connectivity index (χ3n) is 2.08. The van der Waals surface area contributed by atoms with E-state index in [9.17, 15) is 0 Å². The van der Waals surface area contributed by atoms with Gasteiger partial charge in [-0.15, -0.1) is 0 Å². The molecular formula is C11H16N4S. The average Bonchev–Trinajstić information content (AvgIpc) is 2.42. The van der Waals surface area contributed by atoms with Crippen molar-refractivity contribution in [3.63, 3.8) is 0 Å². The molecule has 0 unspecified atom stereocenters. The van der Waals surface area contributed by atoms with Crippen LogP contribution in [0.3, 0.4) is 0 Å². The molecule has 86 valence electrons. The van der Waals surface area contributed by atoms with Gasteiger partial charge in [0.15, 0.2) is 5.65 Å². The zero-order valence-corrected chi connectivity index (χ0v) is 10.8. The van der Waals surface area contributed by atoms with Crippen molar-refractivity contribution < 1.29 is 0 Å². The lowest BCUT2D eigenvalue weighted by molar-refractivity contribution is 0.633. The number of hydrogen-bond acceptors (Lipinski definition) is 3. The Morgan fingerprint density at radius 1 is 1.44 bits per heavy atom. The minimum atomic E-state index is -0.0104. The van der Waals surface area contributed by atoms with Crippen LogP contribution in [0, 0.1) is 11.6 Å². The second-order valence-electron chi connectivity index (χ2n) is 4.98. The van der Waals surface area contributed by atoms with Gasteiger partial charge in [0.2, 0.25) is 0 Å². The van der Waals surface area contributed by atoms with Crippen LogP contribution in [-0.4, -0.2) is 20.1 Å². The fourth-order valence-electron chi connectivity index (χ4n) is 1.62. The fraction of sp³-hybridized carbons (Fsp3) is 0.455. The van der Waals surface area contributed by atoms with Crippen LogP contribution in [-0.2, 0) is 0 Å². The summed E-state index contributed by atoms with van der Waals surface area (Å²) >= 11 is 5.18. The van der Waals surface area contributed by atoms with Gasteiger partial charge in [-0.2, -0.15) is 0 Å². The van der Waals surface area contributed by atoms with Crippen molar-refractivity contribution in [2.45, 2.75) is 33.2 Å². The normalized spacial score (nSPS) is 12.0. The number of rotatable bonds is 1. The highest BCUT2D eigenvalue weighted by Crippen LogP contribution is 2.19. The van der Waals surface area contributed by atoms with Crippen molar-refractivity contribution in [1.82, 2.24) is 14.6 Å². The lowest BCUT2D eigenvalue weighted by Crippen LogP contribution is -2.26. The highest BCUT2D eigenvalue weighted by molar-refractivity contribution is 7.71. The molecule has 0 saturated carbocycles. The number of aromatic amines is 1. The molecule has 2 N–H and O–H groups in total. The molecule has 0 spiro atoms. The molecule has 0 saturated heterocycles. The molecule has 0 amide bonds. The fourth-order valence-corrected chi connectivity index (χ4v) is 1.83. The number of aromatic nitrogens is 3. The van der Waals surface area contributed by atoms with Gasteiger partial charge in [0, 0.05) is 11.6 Å². The highest BCUT2D eigenvalue weighted by atomic mass is 32.1. The van der Waals surface area contributed by atoms with Crippen LogP contribution in [0.15, 0.2) is 12.3 Å². The summed E-state index contributed by atoms with van der Waals surface area (Å²) in [5.41, 5.74) is 2.79. The smallest absolute Gasteiger partial charge is 0.175 e. The second kappa shape index (κ2) is 3.59. The summed E-state index contributed by atoms with van der Waals surface area (Å²) in [6.07, 6.45) is 1.93. The Kier molecular flexibility index (Phi) is 2.50. The molecule has 0 bridgehead atoms. The van der Waals surface area contributed by atoms with Gasteiger partial charge in [0.1, 0.15) is 4.64 Å². The highest BCUT2D eigenvalue weighted by Gasteiger charge is 2.13. The van der Waals surface area contributed by atoms with E-state index in [2.05, 4.69) is 36.2 Å². The minimum absolute atomic E-state index is 0.0104. The zero-order valence-electron chi connectivity index (χ0n) is 9.96. The molecule has 0 aliphatic heterocycles. The number of imidazole rings is 1. The number of H-pyrrole nitrogens is 1. The third kappa shape index (κ3) is 2.24. The average molecular weight is 236 g/mol. The van der Waals surface area contributed by atoms with Crippen LogP contribution in [0.1, 0.15) is 26.5 Å². The molecule has 0 aliphatic carbocycles. The first-order chi connectivity index (χ1) is 7.35. The summed E-state index contributed by atoms with van der Waals surface area (Å²) in [5, 5.41) is 6.47. The number of anilines is 1. The molecule has 2 heterocycles. The van der Waals surface area contributed by atoms with Crippen LogP contribution in [0.25, 0.3) is 5.65 Å². The predicted octanol–water partition coefficient (Wildman–Crippen LogP) is 2.91. The minimum Gasteiger partial charge on any atom is -0.377 e. The van der Waals surface area contributed by atoms with E-state index in [0.29, 0.717) is 4.64 Å². The molecule has 0 atom stereocenters. The SMILES string of the molecule is Cc1cn2[nH]c(=S)cc(NC(C)(C)C)c2n1. The van der Waals surface area contributed by atoms with Gasteiger partial charge < -0.3 is 5.32 Å². The molecule has 2 rings (SSSR count). The first-order valence-electron chi connectivity index (χ1n) is 5.22. The Bertz CT molecular complexity index is 574. The van der Waals surface area contributed by atoms with Crippen molar-refractivity contribution in [3.05, 3.63) is 22.6 Å². The molecule has 0 radical (unpaired) electrons. The molecule has 2 aromatic rings. The number of nitrogens with zero attached hydrogens (tertiary/aromatic N) is 2. The molecule has 2 aromatic heterocycles. The van der Waals surface area contributed by atoms with Crippen molar-refractivity contribution in [2.24, 2.45) is 0 Å². The summed E-state index contributed by atoms with van der Waals surface area (Å²) in [6, 6.07) is 1.91. The van der Waals surface area contributed by atoms with Gasteiger partial charge in [-0.05, 0) is 27.7 Å². The molecule has 0 aliphatic rings. The van der Waals surface area contributed by atoms with Gasteiger partial charge in [-0.3, -0.25) is 5.10 Å². The van der Waals surface area contributed by atoms with E-state index in [0.717, 1.165) is 17.0 Å². The van der Waals surface area contributed by atoms with Gasteiger partial charge in [0.05, 0.1) is 17.6 Å². The van der Waals surface area contributed by atoms with Crippen molar-refractivity contribution in [2.75, 3.05) is 5.32 Å². The Hall–Kier alpha value is -1.36. The lowest BCUT2D eigenvalue weighted by Gasteiger charge is -2.22. The largest absolute Gasteiger partial charge is 0.377 e. The first kappa shape index (κ1) is 11.1. The van der Waals surface area contributed by atoms with E-state index in [-0.39, 0.29) is 5.54 Å². The Balaban J connectivity index is 2.63. The van der Waals surface area contributed by atoms with Crippen molar-refractivity contribution >= 4 is 23.6 Å². The van der Waals surface area contributed by atoms with Gasteiger partial charge in [-0.25, -0.2) is 9.50 Å². The van der Waals surface area contributed by atoms with Crippen LogP contribution in [0.4, 0.5) is 5.69 Å². The van der Waals surface area contributed by atoms with E-state index in [1.165, 1.54) is 0 Å². The third-order valence-corrected chi connectivity index (χ3v) is 2.29. The van der Waals surface area contributed by atoms with Crippen LogP contribution >= 0.6 is 12.2 Å². The van der Waals surface area contributed by atoms with E-state index in [1.807, 2.05) is 23.7 Å². The van der Waals surface area contributed by atoms with E-state index in [1.54, 1.807) is 0 Å². The quantitative estimate of drug-likeness (QED) is 0.748. The predicted molar refractivity (Wildman–Crippen MR) is 68.5 cm³/mol. The van der Waals surface area contributed by atoms with E-state index in [4.69, 9.17) is 12.2 Å². The Labute approximate surface area is 99.7 Å². The van der Waals surface area contributed by atoms with Crippen molar-refractivity contribution in [3.8, 4) is 0 Å². The Morgan fingerprint density at radius 3 is 2.75 bits per heavy atom. The molecule has 0 aromatic carbocycles. The number of fused-ring (bicyclic) bond motifs is 1. The maximum absolute atomic E-state index is 5.18. The molecule has 16 heavy (non-hydrogen) atoms. The number of nitrogens with one attached hydrogen (secondary N) is 2. The molecule has 5 heteroatoms. The lowest BCUT2D eigenvalue weighted by atomic mass is 10.1. The van der Waals surface area contributed by atoms with Gasteiger partial charge >= 0.3 is 0 Å². The Morgan fingerprint density at radius 2 is 2.12 bits per heavy atom. The maximum Gasteiger partial charge on any atom is 0.175 e. The second-order valence-corrected chi connectivity index (χ2v) is 5.42. The molecule has 4 nitrogen and oxygen atoms in total. The summed E-state index contributed by atoms with van der Waals surface area (Å²) in [5.74, 6) is 0. The van der Waals surface area contributed by atoms with Crippen LogP contribution in [0.2, 0.25) is 0 Å². The summed E-state index contributed by atoms with van der Waals surface area (Å²) in [7, 11) is 0. The summed E-state index contributed by atoms with van der Waals surface area (Å²) in [4.78, 5) is 4.46. The van der Waals surface area contributed by atoms with Gasteiger partial charge in [0.25, 0.3) is 0 Å². The first-order valence-corrected chi connectivity index (χ1v) is 5.63. The monoisotopic (exact) mass is 236 g/mol. The van der Waals surface area contributed by atoms with Crippen molar-refractivity contribution in [1.29, 1.82) is 0 Å². The van der Waals surface area contributed by atoms with Crippen LogP contribution < -0.4 is 5.32 Å². The van der Waals surface area contributed by atoms with Crippen LogP contribution in [0.5, 0.6) is 0 Å². The standard InChI is InChI=1S/C11H16N4S/c1-7-6-15-10(12-7)8(5-9(16)14-15)13-11(2,3)4/h5-6,13H,1-4H3,(H,14,16). The van der Waals surface area contributed by atoms with Gasteiger partial charge in [-0.1, -0.05) is 12.2 Å². The molecular weight excluding hydrogens is 220 g/mol.